The number of hydrazone groups is 1. The van der Waals surface area contributed by atoms with Gasteiger partial charge in [-0.3, -0.25) is 15.0 Å². The number of hydrogen-bond acceptors (Lipinski definition) is 6. The van der Waals surface area contributed by atoms with Crippen molar-refractivity contribution in [2.24, 2.45) is 11.0 Å². The van der Waals surface area contributed by atoms with Gasteiger partial charge in [0.15, 0.2) is 0 Å². The predicted molar refractivity (Wildman–Crippen MR) is 115 cm³/mol. The summed E-state index contributed by atoms with van der Waals surface area (Å²) in [5.41, 5.74) is 10.7. The number of hydrogen-bond donors (Lipinski definition) is 4. The summed E-state index contributed by atoms with van der Waals surface area (Å²) in [6, 6.07) is 17.4. The van der Waals surface area contributed by atoms with Crippen molar-refractivity contribution in [2.75, 3.05) is 20.2 Å². The summed E-state index contributed by atoms with van der Waals surface area (Å²) >= 11 is 0. The standard InChI is InChI=1S/C22H25N5O3/c1-30-19-10-6-5-7-16(19)11-12-20(28)23-15-21(29)26-24-13-18-14-25-27-22(18)17-8-3-2-4-9-17/h2-13,18,22,25,27H,14-15H2,1H3,(H,23,28)(H,26,29)/b12-11+,24-13+. The Kier molecular flexibility index (Phi) is 7.71. The molecule has 8 heteroatoms. The number of carbonyl (C=O) groups is 2. The smallest absolute Gasteiger partial charge is 0.259 e. The van der Waals surface area contributed by atoms with Crippen molar-refractivity contribution in [3.05, 3.63) is 71.8 Å². The van der Waals surface area contributed by atoms with Crippen LogP contribution in [0.25, 0.3) is 6.08 Å². The lowest BCUT2D eigenvalue weighted by molar-refractivity contribution is -0.123. The number of ether oxygens (including phenoxy) is 1. The number of nitrogens with zero attached hydrogens (tertiary/aromatic N) is 1. The molecule has 0 aliphatic carbocycles. The highest BCUT2D eigenvalue weighted by Gasteiger charge is 2.26. The molecule has 2 unspecified atom stereocenters. The van der Waals surface area contributed by atoms with Crippen LogP contribution >= 0.6 is 0 Å². The molecule has 1 aliphatic heterocycles. The molecule has 2 aromatic rings. The normalized spacial score (nSPS) is 18.6. The SMILES string of the molecule is COc1ccccc1/C=C/C(=O)NCC(=O)N/N=C/C1CNNC1c1ccccc1. The molecule has 0 saturated carbocycles. The fraction of sp³-hybridized carbons (Fsp3) is 0.227. The van der Waals surface area contributed by atoms with E-state index in [2.05, 4.69) is 26.7 Å². The number of hydrazine groups is 1. The molecule has 0 bridgehead atoms. The minimum atomic E-state index is -0.402. The zero-order valence-corrected chi connectivity index (χ0v) is 16.7. The van der Waals surface area contributed by atoms with Gasteiger partial charge in [0.2, 0.25) is 5.91 Å². The average molecular weight is 407 g/mol. The highest BCUT2D eigenvalue weighted by Crippen LogP contribution is 2.23. The number of para-hydroxylation sites is 1. The lowest BCUT2D eigenvalue weighted by Gasteiger charge is -2.14. The number of carbonyl (C=O) groups excluding carboxylic acids is 2. The van der Waals surface area contributed by atoms with Gasteiger partial charge >= 0.3 is 0 Å². The first-order valence-corrected chi connectivity index (χ1v) is 9.61. The Morgan fingerprint density at radius 2 is 1.93 bits per heavy atom. The van der Waals surface area contributed by atoms with E-state index < -0.39 is 5.91 Å². The maximum Gasteiger partial charge on any atom is 0.259 e. The second-order valence-electron chi connectivity index (χ2n) is 6.68. The number of nitrogens with one attached hydrogen (secondary N) is 4. The van der Waals surface area contributed by atoms with E-state index in [-0.39, 0.29) is 24.4 Å². The van der Waals surface area contributed by atoms with Crippen molar-refractivity contribution in [2.45, 2.75) is 6.04 Å². The van der Waals surface area contributed by atoms with Gasteiger partial charge in [-0.1, -0.05) is 48.5 Å². The molecule has 2 amide bonds. The van der Waals surface area contributed by atoms with E-state index in [0.717, 1.165) is 11.1 Å². The minimum Gasteiger partial charge on any atom is -0.496 e. The maximum atomic E-state index is 11.9. The molecular weight excluding hydrogens is 382 g/mol. The van der Waals surface area contributed by atoms with E-state index in [1.165, 1.54) is 6.08 Å². The zero-order valence-electron chi connectivity index (χ0n) is 16.7. The molecule has 2 atom stereocenters. The Labute approximate surface area is 175 Å². The van der Waals surface area contributed by atoms with Gasteiger partial charge in [0.25, 0.3) is 5.91 Å². The highest BCUT2D eigenvalue weighted by atomic mass is 16.5. The van der Waals surface area contributed by atoms with Crippen LogP contribution in [-0.4, -0.2) is 38.2 Å². The van der Waals surface area contributed by atoms with Crippen LogP contribution < -0.4 is 26.3 Å². The van der Waals surface area contributed by atoms with Crippen LogP contribution in [0.3, 0.4) is 0 Å². The molecule has 2 aromatic carbocycles. The Balaban J connectivity index is 1.43. The monoisotopic (exact) mass is 407 g/mol. The van der Waals surface area contributed by atoms with Gasteiger partial charge in [-0.2, -0.15) is 5.10 Å². The van der Waals surface area contributed by atoms with Gasteiger partial charge in [0, 0.05) is 30.3 Å². The lowest BCUT2D eigenvalue weighted by Crippen LogP contribution is -2.34. The summed E-state index contributed by atoms with van der Waals surface area (Å²) in [6.45, 7) is 0.527. The Bertz CT molecular complexity index is 914. The van der Waals surface area contributed by atoms with Crippen molar-refractivity contribution < 1.29 is 14.3 Å². The summed E-state index contributed by atoms with van der Waals surface area (Å²) in [4.78, 5) is 23.9. The molecule has 0 aromatic heterocycles. The van der Waals surface area contributed by atoms with Crippen molar-refractivity contribution in [1.82, 2.24) is 21.6 Å². The lowest BCUT2D eigenvalue weighted by atomic mass is 9.96. The Morgan fingerprint density at radius 1 is 1.17 bits per heavy atom. The maximum absolute atomic E-state index is 11.9. The summed E-state index contributed by atoms with van der Waals surface area (Å²) in [6.07, 6.45) is 4.69. The van der Waals surface area contributed by atoms with Crippen LogP contribution in [0.4, 0.5) is 0 Å². The van der Waals surface area contributed by atoms with Crippen molar-refractivity contribution in [3.63, 3.8) is 0 Å². The molecular formula is C22H25N5O3. The van der Waals surface area contributed by atoms with E-state index in [4.69, 9.17) is 4.74 Å². The second-order valence-corrected chi connectivity index (χ2v) is 6.68. The van der Waals surface area contributed by atoms with E-state index in [0.29, 0.717) is 12.3 Å². The first kappa shape index (κ1) is 21.2. The first-order chi connectivity index (χ1) is 14.7. The fourth-order valence-electron chi connectivity index (χ4n) is 3.08. The number of rotatable bonds is 8. The van der Waals surface area contributed by atoms with Gasteiger partial charge in [-0.05, 0) is 17.7 Å². The van der Waals surface area contributed by atoms with Crippen LogP contribution in [0.15, 0.2) is 65.8 Å². The Hall–Kier alpha value is -3.49. The molecule has 1 saturated heterocycles. The number of benzene rings is 2. The molecule has 156 valence electrons. The summed E-state index contributed by atoms with van der Waals surface area (Å²) in [5, 5.41) is 6.56. The molecule has 1 aliphatic rings. The van der Waals surface area contributed by atoms with Gasteiger partial charge in [0.05, 0.1) is 19.7 Å². The average Bonchev–Trinajstić information content (AvgIpc) is 3.25. The molecule has 1 fully saturated rings. The zero-order chi connectivity index (χ0) is 21.2. The number of methoxy groups -OCH3 is 1. The van der Waals surface area contributed by atoms with Gasteiger partial charge in [-0.25, -0.2) is 10.9 Å². The molecule has 3 rings (SSSR count). The molecule has 30 heavy (non-hydrogen) atoms. The van der Waals surface area contributed by atoms with Crippen molar-refractivity contribution >= 4 is 24.1 Å². The van der Waals surface area contributed by atoms with Crippen LogP contribution in [0.1, 0.15) is 17.2 Å². The van der Waals surface area contributed by atoms with Crippen LogP contribution in [0.2, 0.25) is 0 Å². The largest absolute Gasteiger partial charge is 0.496 e. The number of amides is 2. The van der Waals surface area contributed by atoms with Crippen LogP contribution in [-0.2, 0) is 9.59 Å². The van der Waals surface area contributed by atoms with E-state index in [1.54, 1.807) is 25.5 Å². The molecule has 1 heterocycles. The predicted octanol–water partition coefficient (Wildman–Crippen LogP) is 1.39. The Morgan fingerprint density at radius 3 is 2.73 bits per heavy atom. The fourth-order valence-corrected chi connectivity index (χ4v) is 3.08. The highest BCUT2D eigenvalue weighted by molar-refractivity contribution is 5.94. The molecule has 0 radical (unpaired) electrons. The molecule has 4 N–H and O–H groups in total. The van der Waals surface area contributed by atoms with Crippen molar-refractivity contribution in [3.8, 4) is 5.75 Å². The third kappa shape index (κ3) is 6.00. The quantitative estimate of drug-likeness (QED) is 0.301. The summed E-state index contributed by atoms with van der Waals surface area (Å²) < 4.78 is 5.23. The molecule has 8 nitrogen and oxygen atoms in total. The minimum absolute atomic E-state index is 0.0756. The first-order valence-electron chi connectivity index (χ1n) is 9.61. The molecule has 0 spiro atoms. The third-order valence-electron chi connectivity index (χ3n) is 4.61. The second kappa shape index (κ2) is 10.9. The summed E-state index contributed by atoms with van der Waals surface area (Å²) in [7, 11) is 1.57. The van der Waals surface area contributed by atoms with Gasteiger partial charge in [-0.15, -0.1) is 0 Å². The van der Waals surface area contributed by atoms with Crippen LogP contribution in [0.5, 0.6) is 5.75 Å². The topological polar surface area (TPSA) is 104 Å². The van der Waals surface area contributed by atoms with E-state index in [9.17, 15) is 9.59 Å². The van der Waals surface area contributed by atoms with Gasteiger partial charge in [0.1, 0.15) is 5.75 Å². The van der Waals surface area contributed by atoms with Crippen molar-refractivity contribution in [1.29, 1.82) is 0 Å². The summed E-state index contributed by atoms with van der Waals surface area (Å²) in [5.74, 6) is -0.0294. The van der Waals surface area contributed by atoms with E-state index >= 15 is 0 Å². The van der Waals surface area contributed by atoms with E-state index in [1.807, 2.05) is 48.5 Å². The third-order valence-corrected chi connectivity index (χ3v) is 4.61. The van der Waals surface area contributed by atoms with Gasteiger partial charge < -0.3 is 10.1 Å². The van der Waals surface area contributed by atoms with Crippen LogP contribution in [0, 0.1) is 5.92 Å².